The molecule has 152 valence electrons. The van der Waals surface area contributed by atoms with Crippen molar-refractivity contribution in [2.75, 3.05) is 0 Å². The lowest BCUT2D eigenvalue weighted by Crippen LogP contribution is -2.33. The molecular formula is C29H36. The smallest absolute Gasteiger partial charge is 0.0102 e. The molecule has 4 aliphatic carbocycles. The van der Waals surface area contributed by atoms with Crippen LogP contribution in [-0.2, 0) is 0 Å². The van der Waals surface area contributed by atoms with Crippen LogP contribution in [0, 0.1) is 35.5 Å². The molecule has 0 heteroatoms. The van der Waals surface area contributed by atoms with Gasteiger partial charge in [0, 0.05) is 5.92 Å². The first-order chi connectivity index (χ1) is 14.3. The summed E-state index contributed by atoms with van der Waals surface area (Å²) in [5.41, 5.74) is 6.17. The summed E-state index contributed by atoms with van der Waals surface area (Å²) in [6.45, 7) is 2.59. The van der Waals surface area contributed by atoms with Gasteiger partial charge in [-0.25, -0.2) is 0 Å². The van der Waals surface area contributed by atoms with Crippen molar-refractivity contribution in [1.82, 2.24) is 0 Å². The summed E-state index contributed by atoms with van der Waals surface area (Å²) in [6.07, 6.45) is 13.6. The van der Waals surface area contributed by atoms with E-state index in [-0.39, 0.29) is 0 Å². The Labute approximate surface area is 177 Å². The number of hydrogen-bond donors (Lipinski definition) is 0. The molecule has 6 atom stereocenters. The van der Waals surface area contributed by atoms with Crippen LogP contribution in [0.4, 0.5) is 0 Å². The zero-order valence-electron chi connectivity index (χ0n) is 18.0. The lowest BCUT2D eigenvalue weighted by molar-refractivity contribution is 0.0732. The Morgan fingerprint density at radius 3 is 2.00 bits per heavy atom. The normalized spacial score (nSPS) is 35.6. The molecule has 2 aromatic rings. The van der Waals surface area contributed by atoms with Crippen molar-refractivity contribution in [3.05, 3.63) is 59.7 Å². The van der Waals surface area contributed by atoms with Crippen LogP contribution in [0.1, 0.15) is 81.8 Å². The Bertz CT molecular complexity index is 834. The molecule has 0 N–H and O–H groups in total. The second-order valence-corrected chi connectivity index (χ2v) is 10.9. The quantitative estimate of drug-likeness (QED) is 0.502. The fourth-order valence-corrected chi connectivity index (χ4v) is 8.31. The van der Waals surface area contributed by atoms with E-state index in [9.17, 15) is 0 Å². The van der Waals surface area contributed by atoms with Gasteiger partial charge in [-0.15, -0.1) is 0 Å². The molecule has 0 nitrogen and oxygen atoms in total. The second kappa shape index (κ2) is 7.29. The molecule has 0 aromatic heterocycles. The third-order valence-electron chi connectivity index (χ3n) is 9.56. The monoisotopic (exact) mass is 384 g/mol. The van der Waals surface area contributed by atoms with Crippen molar-refractivity contribution in [2.24, 2.45) is 35.5 Å². The van der Waals surface area contributed by atoms with E-state index < -0.39 is 0 Å². The van der Waals surface area contributed by atoms with Gasteiger partial charge in [0.05, 0.1) is 0 Å². The zero-order valence-corrected chi connectivity index (χ0v) is 18.0. The van der Waals surface area contributed by atoms with Gasteiger partial charge in [0.2, 0.25) is 0 Å². The van der Waals surface area contributed by atoms with Gasteiger partial charge >= 0.3 is 0 Å². The molecule has 4 aliphatic rings. The maximum absolute atomic E-state index is 2.59. The Morgan fingerprint density at radius 2 is 1.31 bits per heavy atom. The topological polar surface area (TPSA) is 0 Å². The van der Waals surface area contributed by atoms with Gasteiger partial charge in [-0.2, -0.15) is 0 Å². The van der Waals surface area contributed by atoms with Crippen molar-refractivity contribution in [1.29, 1.82) is 0 Å². The molecule has 3 fully saturated rings. The second-order valence-electron chi connectivity index (χ2n) is 10.9. The summed E-state index contributed by atoms with van der Waals surface area (Å²) in [5, 5.41) is 0. The Balaban J connectivity index is 1.22. The number of rotatable bonds is 3. The van der Waals surface area contributed by atoms with Crippen LogP contribution in [0.25, 0.3) is 11.1 Å². The first-order valence-corrected chi connectivity index (χ1v) is 12.5. The molecule has 0 amide bonds. The first kappa shape index (κ1) is 18.2. The van der Waals surface area contributed by atoms with Crippen LogP contribution in [0.3, 0.4) is 0 Å². The Morgan fingerprint density at radius 1 is 0.690 bits per heavy atom. The van der Waals surface area contributed by atoms with E-state index in [2.05, 4.69) is 55.5 Å². The minimum absolute atomic E-state index is 0.625. The molecule has 0 heterocycles. The molecule has 0 radical (unpaired) electrons. The van der Waals surface area contributed by atoms with Gasteiger partial charge < -0.3 is 0 Å². The molecule has 6 unspecified atom stereocenters. The molecule has 6 rings (SSSR count). The largest absolute Gasteiger partial charge is 0.0622 e. The summed E-state index contributed by atoms with van der Waals surface area (Å²) in [6, 6.07) is 18.4. The number of benzene rings is 2. The van der Waals surface area contributed by atoms with Crippen molar-refractivity contribution >= 4 is 0 Å². The van der Waals surface area contributed by atoms with E-state index in [4.69, 9.17) is 0 Å². The van der Waals surface area contributed by atoms with Crippen LogP contribution < -0.4 is 0 Å². The van der Waals surface area contributed by atoms with E-state index in [0.717, 1.165) is 35.5 Å². The Hall–Kier alpha value is -1.56. The molecule has 2 aromatic carbocycles. The highest BCUT2D eigenvalue weighted by molar-refractivity contribution is 5.78. The molecule has 0 saturated heterocycles. The van der Waals surface area contributed by atoms with E-state index in [1.165, 1.54) is 43.2 Å². The van der Waals surface area contributed by atoms with Crippen molar-refractivity contribution in [3.8, 4) is 11.1 Å². The molecule has 0 spiro atoms. The van der Waals surface area contributed by atoms with E-state index in [0.29, 0.717) is 5.92 Å². The fourth-order valence-electron chi connectivity index (χ4n) is 8.31. The van der Waals surface area contributed by atoms with Gasteiger partial charge in [0.25, 0.3) is 0 Å². The highest BCUT2D eigenvalue weighted by Crippen LogP contribution is 2.57. The summed E-state index contributed by atoms with van der Waals surface area (Å²) in [5.74, 6) is 6.79. The maximum Gasteiger partial charge on any atom is 0.0102 e. The highest BCUT2D eigenvalue weighted by Gasteiger charge is 2.47. The molecular weight excluding hydrogens is 348 g/mol. The lowest BCUT2D eigenvalue weighted by atomic mass is 9.62. The summed E-state index contributed by atoms with van der Waals surface area (Å²) in [7, 11) is 0. The maximum atomic E-state index is 2.59. The summed E-state index contributed by atoms with van der Waals surface area (Å²) in [4.78, 5) is 0. The summed E-state index contributed by atoms with van der Waals surface area (Å²) >= 11 is 0. The first-order valence-electron chi connectivity index (χ1n) is 12.5. The predicted octanol–water partition coefficient (Wildman–Crippen LogP) is 8.07. The SMILES string of the molecule is CC1CC2CC3CCCCC3CC2C1CCC1c2ccccc2-c2ccccc21. The van der Waals surface area contributed by atoms with E-state index in [1.54, 1.807) is 36.8 Å². The van der Waals surface area contributed by atoms with E-state index >= 15 is 0 Å². The molecule has 29 heavy (non-hydrogen) atoms. The average Bonchev–Trinajstić information content (AvgIpc) is 3.24. The highest BCUT2D eigenvalue weighted by atomic mass is 14.5. The van der Waals surface area contributed by atoms with Crippen LogP contribution in [-0.4, -0.2) is 0 Å². The van der Waals surface area contributed by atoms with Crippen LogP contribution >= 0.6 is 0 Å². The van der Waals surface area contributed by atoms with Crippen LogP contribution in [0.2, 0.25) is 0 Å². The number of hydrogen-bond acceptors (Lipinski definition) is 0. The van der Waals surface area contributed by atoms with Gasteiger partial charge in [0.15, 0.2) is 0 Å². The zero-order chi connectivity index (χ0) is 19.4. The van der Waals surface area contributed by atoms with E-state index in [1.807, 2.05) is 0 Å². The average molecular weight is 385 g/mol. The minimum Gasteiger partial charge on any atom is -0.0622 e. The molecule has 3 saturated carbocycles. The van der Waals surface area contributed by atoms with Crippen molar-refractivity contribution in [3.63, 3.8) is 0 Å². The van der Waals surface area contributed by atoms with Gasteiger partial charge in [0.1, 0.15) is 0 Å². The van der Waals surface area contributed by atoms with Crippen LogP contribution in [0.15, 0.2) is 48.5 Å². The molecule has 0 bridgehead atoms. The van der Waals surface area contributed by atoms with Crippen LogP contribution in [0.5, 0.6) is 0 Å². The fraction of sp³-hybridized carbons (Fsp3) is 0.586. The van der Waals surface area contributed by atoms with Gasteiger partial charge in [-0.1, -0.05) is 81.1 Å². The van der Waals surface area contributed by atoms with Crippen molar-refractivity contribution < 1.29 is 0 Å². The van der Waals surface area contributed by atoms with Gasteiger partial charge in [-0.3, -0.25) is 0 Å². The standard InChI is InChI=1S/C29H36/c1-19-16-22-17-20-8-2-3-9-21(20)18-29(22)23(19)14-15-28-26-12-6-4-10-24(26)25-11-5-7-13-27(25)28/h4-7,10-13,19-23,28-29H,2-3,8-9,14-18H2,1H3. The summed E-state index contributed by atoms with van der Waals surface area (Å²) < 4.78 is 0. The Kier molecular flexibility index (Phi) is 4.58. The third-order valence-corrected chi connectivity index (χ3v) is 9.56. The predicted molar refractivity (Wildman–Crippen MR) is 122 cm³/mol. The minimum atomic E-state index is 0.625. The van der Waals surface area contributed by atoms with Gasteiger partial charge in [-0.05, 0) is 89.9 Å². The van der Waals surface area contributed by atoms with Crippen molar-refractivity contribution in [2.45, 2.75) is 70.6 Å². The number of fused-ring (bicyclic) bond motifs is 5. The third kappa shape index (κ3) is 3.01. The molecule has 0 aliphatic heterocycles. The lowest BCUT2D eigenvalue weighted by Gasteiger charge is -2.43.